The maximum atomic E-state index is 13.1. The van der Waals surface area contributed by atoms with Crippen molar-refractivity contribution in [2.45, 2.75) is 431 Å². The molecule has 8 nitrogen and oxygen atoms in total. The maximum Gasteiger partial charge on any atom is 0.472 e. The van der Waals surface area contributed by atoms with Crippen molar-refractivity contribution in [3.8, 4) is 0 Å². The van der Waals surface area contributed by atoms with Crippen molar-refractivity contribution in [1.29, 1.82) is 0 Å². The number of phosphoric ester groups is 1. The molecule has 0 aliphatic carbocycles. The number of hydrogen-bond acceptors (Lipinski definition) is 5. The molecule has 0 aliphatic heterocycles. The molecular formula is C80H158N2O6P+. The number of amides is 1. The van der Waals surface area contributed by atoms with Gasteiger partial charge in [-0.3, -0.25) is 13.8 Å². The number of aliphatic hydroxyl groups excluding tert-OH is 1. The molecular weight excluding hydrogens is 1120 g/mol. The molecule has 0 fully saturated rings. The van der Waals surface area contributed by atoms with Crippen molar-refractivity contribution in [2.24, 2.45) is 0 Å². The summed E-state index contributed by atoms with van der Waals surface area (Å²) in [6, 6.07) is -0.760. The minimum Gasteiger partial charge on any atom is -0.391 e. The number of rotatable bonds is 75. The van der Waals surface area contributed by atoms with Crippen LogP contribution in [0.15, 0.2) is 36.5 Å². The molecule has 528 valence electrons. The maximum absolute atomic E-state index is 13.1. The number of nitrogens with zero attached hydrogens (tertiary/aromatic N) is 1. The SMILES string of the molecule is CCCCCCC/C=C\C/C=C\C/C=C\CCCCCCCCCCCCCCCCCCCCCCCCCCCCC(=O)NC(COP(=O)(O)OCC[N+](C)(C)C)C(O)CCCCCCCCCCCCCCCCCCCCCCCCCCCC. The first kappa shape index (κ1) is 87.7. The second-order valence-electron chi connectivity index (χ2n) is 28.8. The van der Waals surface area contributed by atoms with Crippen molar-refractivity contribution >= 4 is 13.7 Å². The van der Waals surface area contributed by atoms with Crippen molar-refractivity contribution in [3.63, 3.8) is 0 Å². The minimum absolute atomic E-state index is 0.0778. The first-order valence-corrected chi connectivity index (χ1v) is 41.3. The van der Waals surface area contributed by atoms with E-state index in [0.717, 1.165) is 51.4 Å². The fourth-order valence-electron chi connectivity index (χ4n) is 12.5. The summed E-state index contributed by atoms with van der Waals surface area (Å²) in [7, 11) is 1.64. The Labute approximate surface area is 557 Å². The zero-order chi connectivity index (χ0) is 64.8. The van der Waals surface area contributed by atoms with Crippen LogP contribution in [0.4, 0.5) is 0 Å². The van der Waals surface area contributed by atoms with Gasteiger partial charge in [-0.2, -0.15) is 0 Å². The van der Waals surface area contributed by atoms with Crippen LogP contribution in [-0.4, -0.2) is 73.4 Å². The number of carbonyl (C=O) groups is 1. The van der Waals surface area contributed by atoms with Gasteiger partial charge < -0.3 is 19.8 Å². The number of carbonyl (C=O) groups excluding carboxylic acids is 1. The van der Waals surface area contributed by atoms with Crippen LogP contribution in [0.3, 0.4) is 0 Å². The molecule has 0 heterocycles. The Morgan fingerprint density at radius 3 is 0.933 bits per heavy atom. The first-order valence-electron chi connectivity index (χ1n) is 39.9. The molecule has 1 amide bonds. The second kappa shape index (κ2) is 71.0. The molecule has 9 heteroatoms. The van der Waals surface area contributed by atoms with Crippen LogP contribution < -0.4 is 5.32 Å². The monoisotopic (exact) mass is 1270 g/mol. The van der Waals surface area contributed by atoms with E-state index in [4.69, 9.17) is 9.05 Å². The Morgan fingerprint density at radius 2 is 0.640 bits per heavy atom. The summed E-state index contributed by atoms with van der Waals surface area (Å²) in [5.74, 6) is -0.134. The van der Waals surface area contributed by atoms with Gasteiger partial charge in [0.15, 0.2) is 0 Å². The molecule has 3 unspecified atom stereocenters. The summed E-state index contributed by atoms with van der Waals surface area (Å²) >= 11 is 0. The van der Waals surface area contributed by atoms with E-state index in [1.807, 2.05) is 21.1 Å². The van der Waals surface area contributed by atoms with Crippen LogP contribution in [0.5, 0.6) is 0 Å². The zero-order valence-corrected chi connectivity index (χ0v) is 61.6. The van der Waals surface area contributed by atoms with Gasteiger partial charge in [-0.25, -0.2) is 4.57 Å². The van der Waals surface area contributed by atoms with Gasteiger partial charge in [0.2, 0.25) is 5.91 Å². The van der Waals surface area contributed by atoms with Crippen LogP contribution >= 0.6 is 7.82 Å². The summed E-state index contributed by atoms with van der Waals surface area (Å²) in [6.45, 7) is 4.94. The van der Waals surface area contributed by atoms with Gasteiger partial charge in [0.1, 0.15) is 13.2 Å². The van der Waals surface area contributed by atoms with E-state index in [1.165, 1.54) is 340 Å². The van der Waals surface area contributed by atoms with Crippen molar-refractivity contribution in [2.75, 3.05) is 40.9 Å². The molecule has 0 aromatic heterocycles. The van der Waals surface area contributed by atoms with E-state index in [2.05, 4.69) is 55.6 Å². The number of aliphatic hydroxyl groups is 1. The predicted molar refractivity (Wildman–Crippen MR) is 392 cm³/mol. The molecule has 0 aliphatic rings. The van der Waals surface area contributed by atoms with Gasteiger partial charge in [0.25, 0.3) is 0 Å². The largest absolute Gasteiger partial charge is 0.472 e. The standard InChI is InChI=1S/C80H157N2O6P/c1-6-8-10-12-14-16-18-20-22-24-26-28-30-32-34-35-36-37-38-39-40-41-42-43-44-45-46-47-48-50-52-54-56-58-60-62-64-66-68-70-72-74-80(84)81-78(77-88-89(85,86)87-76-75-82(3,4)5)79(83)73-71-69-67-65-63-61-59-57-55-53-51-49-33-31-29-27-25-23-21-19-17-15-13-11-9-7-2/h18,20,24,26,30,32,78-79,83H,6-17,19,21-23,25,27-29,31,33-77H2,1-5H3,(H-,81,84,85,86)/p+1/b20-18-,26-24-,32-30-. The third-order valence-electron chi connectivity index (χ3n) is 18.6. The summed E-state index contributed by atoms with van der Waals surface area (Å²) in [6.07, 6.45) is 95.8. The Balaban J connectivity index is 3.88. The Morgan fingerprint density at radius 1 is 0.382 bits per heavy atom. The van der Waals surface area contributed by atoms with Gasteiger partial charge in [-0.1, -0.05) is 397 Å². The van der Waals surface area contributed by atoms with Crippen LogP contribution in [0, 0.1) is 0 Å². The van der Waals surface area contributed by atoms with Crippen LogP contribution in [0.2, 0.25) is 0 Å². The Hall–Kier alpha value is -1.28. The number of nitrogens with one attached hydrogen (secondary N) is 1. The number of quaternary nitrogens is 1. The first-order chi connectivity index (χ1) is 43.5. The number of unbranched alkanes of at least 4 members (excludes halogenated alkanes) is 56. The highest BCUT2D eigenvalue weighted by Gasteiger charge is 2.28. The molecule has 0 saturated carbocycles. The quantitative estimate of drug-likeness (QED) is 0.0243. The molecule has 0 rings (SSSR count). The van der Waals surface area contributed by atoms with E-state index in [0.29, 0.717) is 23.9 Å². The van der Waals surface area contributed by atoms with E-state index in [1.54, 1.807) is 0 Å². The fourth-order valence-corrected chi connectivity index (χ4v) is 13.2. The van der Waals surface area contributed by atoms with E-state index in [9.17, 15) is 19.4 Å². The van der Waals surface area contributed by atoms with Crippen molar-refractivity contribution in [3.05, 3.63) is 36.5 Å². The lowest BCUT2D eigenvalue weighted by molar-refractivity contribution is -0.870. The van der Waals surface area contributed by atoms with Gasteiger partial charge in [0.05, 0.1) is 39.9 Å². The van der Waals surface area contributed by atoms with Crippen LogP contribution in [-0.2, 0) is 18.4 Å². The minimum atomic E-state index is -4.33. The summed E-state index contributed by atoms with van der Waals surface area (Å²) in [5.41, 5.74) is 0. The summed E-state index contributed by atoms with van der Waals surface area (Å²) < 4.78 is 24.0. The molecule has 0 spiro atoms. The average Bonchev–Trinajstić information content (AvgIpc) is 3.61. The number of phosphoric acid groups is 1. The molecule has 0 radical (unpaired) electrons. The van der Waals surface area contributed by atoms with Crippen LogP contribution in [0.25, 0.3) is 0 Å². The molecule has 0 aromatic rings. The molecule has 0 saturated heterocycles. The molecule has 0 aromatic carbocycles. The van der Waals surface area contributed by atoms with Crippen molar-refractivity contribution < 1.29 is 32.9 Å². The fraction of sp³-hybridized carbons (Fsp3) is 0.912. The third kappa shape index (κ3) is 74.0. The lowest BCUT2D eigenvalue weighted by atomic mass is 10.0. The smallest absolute Gasteiger partial charge is 0.391 e. The lowest BCUT2D eigenvalue weighted by Crippen LogP contribution is -2.46. The van der Waals surface area contributed by atoms with E-state index < -0.39 is 20.0 Å². The highest BCUT2D eigenvalue weighted by atomic mass is 31.2. The predicted octanol–water partition coefficient (Wildman–Crippen LogP) is 26.0. The summed E-state index contributed by atoms with van der Waals surface area (Å²) in [4.78, 5) is 23.5. The number of hydrogen-bond donors (Lipinski definition) is 3. The molecule has 3 atom stereocenters. The number of likely N-dealkylation sites (N-methyl/N-ethyl adjacent to an activating group) is 1. The van der Waals surface area contributed by atoms with E-state index in [-0.39, 0.29) is 19.1 Å². The van der Waals surface area contributed by atoms with Crippen LogP contribution in [0.1, 0.15) is 418 Å². The second-order valence-corrected chi connectivity index (χ2v) is 30.3. The average molecular weight is 1280 g/mol. The van der Waals surface area contributed by atoms with E-state index >= 15 is 0 Å². The summed E-state index contributed by atoms with van der Waals surface area (Å²) in [5, 5.41) is 14.2. The molecule has 0 bridgehead atoms. The number of allylic oxidation sites excluding steroid dienone is 6. The normalized spacial score (nSPS) is 13.7. The zero-order valence-electron chi connectivity index (χ0n) is 60.7. The Kier molecular flexibility index (Phi) is 70.0. The Bertz CT molecular complexity index is 1550. The third-order valence-corrected chi connectivity index (χ3v) is 19.6. The van der Waals surface area contributed by atoms with Crippen molar-refractivity contribution in [1.82, 2.24) is 5.32 Å². The lowest BCUT2D eigenvalue weighted by Gasteiger charge is -2.26. The van der Waals surface area contributed by atoms with Gasteiger partial charge in [-0.05, 0) is 51.4 Å². The highest BCUT2D eigenvalue weighted by Crippen LogP contribution is 2.43. The topological polar surface area (TPSA) is 105 Å². The highest BCUT2D eigenvalue weighted by molar-refractivity contribution is 7.47. The molecule has 89 heavy (non-hydrogen) atoms. The molecule has 3 N–H and O–H groups in total. The van der Waals surface area contributed by atoms with Gasteiger partial charge in [-0.15, -0.1) is 0 Å². The van der Waals surface area contributed by atoms with Gasteiger partial charge in [0, 0.05) is 6.42 Å². The van der Waals surface area contributed by atoms with Gasteiger partial charge >= 0.3 is 7.82 Å².